The molecule has 2 unspecified atom stereocenters. The molecule has 2 aliphatic carbocycles. The van der Waals surface area contributed by atoms with Gasteiger partial charge in [-0.2, -0.15) is 0 Å². The minimum atomic E-state index is -0.0254. The van der Waals surface area contributed by atoms with Crippen LogP contribution in [0.3, 0.4) is 0 Å². The van der Waals surface area contributed by atoms with Gasteiger partial charge in [0.25, 0.3) is 5.91 Å². The zero-order chi connectivity index (χ0) is 16.7. The number of hydrogen-bond acceptors (Lipinski definition) is 3. The van der Waals surface area contributed by atoms with Crippen LogP contribution >= 0.6 is 0 Å². The first-order valence-corrected chi connectivity index (χ1v) is 8.18. The first-order chi connectivity index (χ1) is 11.0. The molecule has 1 fully saturated rings. The highest BCUT2D eigenvalue weighted by Gasteiger charge is 2.37. The van der Waals surface area contributed by atoms with Crippen LogP contribution in [0.5, 0.6) is 11.5 Å². The second-order valence-electron chi connectivity index (χ2n) is 6.68. The quantitative estimate of drug-likeness (QED) is 0.867. The van der Waals surface area contributed by atoms with Crippen molar-refractivity contribution in [3.63, 3.8) is 0 Å². The van der Waals surface area contributed by atoms with Gasteiger partial charge in [-0.15, -0.1) is 0 Å². The fourth-order valence-corrected chi connectivity index (χ4v) is 4.31. The summed E-state index contributed by atoms with van der Waals surface area (Å²) in [6.07, 6.45) is 6.74. The van der Waals surface area contributed by atoms with Crippen molar-refractivity contribution in [2.24, 2.45) is 11.8 Å². The van der Waals surface area contributed by atoms with E-state index in [1.165, 1.54) is 6.42 Å². The Balaban J connectivity index is 1.95. The first kappa shape index (κ1) is 15.9. The van der Waals surface area contributed by atoms with Crippen LogP contribution in [0.4, 0.5) is 0 Å². The SMILES string of the molecule is COc1c(C)c(OC)c(C)c(C(=O)N[C@H]2CC3C=CC2C3)c1C. The van der Waals surface area contributed by atoms with Crippen molar-refractivity contribution in [1.82, 2.24) is 5.32 Å². The molecular formula is C19H25NO3. The third kappa shape index (κ3) is 2.50. The van der Waals surface area contributed by atoms with E-state index in [1.54, 1.807) is 14.2 Å². The minimum absolute atomic E-state index is 0.0254. The van der Waals surface area contributed by atoms with Crippen molar-refractivity contribution in [2.75, 3.05) is 14.2 Å². The van der Waals surface area contributed by atoms with E-state index < -0.39 is 0 Å². The van der Waals surface area contributed by atoms with Gasteiger partial charge in [0.05, 0.1) is 19.8 Å². The molecule has 23 heavy (non-hydrogen) atoms. The molecule has 2 aliphatic rings. The predicted octanol–water partition coefficient (Wildman–Crippen LogP) is 3.32. The molecule has 124 valence electrons. The van der Waals surface area contributed by atoms with Gasteiger partial charge < -0.3 is 14.8 Å². The molecule has 1 saturated carbocycles. The maximum absolute atomic E-state index is 12.9. The fraction of sp³-hybridized carbons (Fsp3) is 0.526. The molecule has 1 aromatic carbocycles. The Morgan fingerprint density at radius 2 is 1.61 bits per heavy atom. The molecule has 0 aliphatic heterocycles. The van der Waals surface area contributed by atoms with Gasteiger partial charge in [-0.3, -0.25) is 4.79 Å². The van der Waals surface area contributed by atoms with E-state index in [0.717, 1.165) is 34.6 Å². The summed E-state index contributed by atoms with van der Waals surface area (Å²) in [5, 5.41) is 3.23. The number of benzene rings is 1. The molecule has 0 spiro atoms. The Bertz CT molecular complexity index is 647. The zero-order valence-corrected chi connectivity index (χ0v) is 14.5. The number of nitrogens with one attached hydrogen (secondary N) is 1. The Hall–Kier alpha value is -1.97. The number of rotatable bonds is 4. The van der Waals surface area contributed by atoms with E-state index in [2.05, 4.69) is 17.5 Å². The van der Waals surface area contributed by atoms with Gasteiger partial charge in [-0.05, 0) is 45.4 Å². The standard InChI is InChI=1S/C19H25NO3/c1-10-16(11(2)18(23-5)12(3)17(10)22-4)19(21)20-15-9-13-6-7-14(15)8-13/h6-7,13-15H,8-9H2,1-5H3,(H,20,21)/t13?,14?,15-/m0/s1. The lowest BCUT2D eigenvalue weighted by atomic mass is 9.95. The van der Waals surface area contributed by atoms with Crippen LogP contribution < -0.4 is 14.8 Å². The molecule has 1 amide bonds. The second kappa shape index (κ2) is 5.91. The number of fused-ring (bicyclic) bond motifs is 2. The monoisotopic (exact) mass is 315 g/mol. The van der Waals surface area contributed by atoms with Gasteiger partial charge in [-0.1, -0.05) is 12.2 Å². The molecule has 0 saturated heterocycles. The molecule has 0 radical (unpaired) electrons. The molecule has 3 rings (SSSR count). The van der Waals surface area contributed by atoms with Crippen LogP contribution in [0.2, 0.25) is 0 Å². The van der Waals surface area contributed by atoms with Crippen LogP contribution in [-0.4, -0.2) is 26.2 Å². The molecule has 2 bridgehead atoms. The Kier molecular flexibility index (Phi) is 4.09. The third-order valence-corrected chi connectivity index (χ3v) is 5.34. The fourth-order valence-electron chi connectivity index (χ4n) is 4.31. The molecule has 0 aromatic heterocycles. The molecular weight excluding hydrogens is 290 g/mol. The van der Waals surface area contributed by atoms with Crippen molar-refractivity contribution < 1.29 is 14.3 Å². The van der Waals surface area contributed by atoms with Gasteiger partial charge in [0.2, 0.25) is 0 Å². The average molecular weight is 315 g/mol. The topological polar surface area (TPSA) is 47.6 Å². The Morgan fingerprint density at radius 3 is 2.04 bits per heavy atom. The molecule has 4 heteroatoms. The number of methoxy groups -OCH3 is 2. The first-order valence-electron chi connectivity index (χ1n) is 8.18. The second-order valence-corrected chi connectivity index (χ2v) is 6.68. The van der Waals surface area contributed by atoms with E-state index in [-0.39, 0.29) is 11.9 Å². The summed E-state index contributed by atoms with van der Waals surface area (Å²) in [4.78, 5) is 12.9. The smallest absolute Gasteiger partial charge is 0.252 e. The lowest BCUT2D eigenvalue weighted by Gasteiger charge is -2.23. The highest BCUT2D eigenvalue weighted by atomic mass is 16.5. The minimum Gasteiger partial charge on any atom is -0.496 e. The van der Waals surface area contributed by atoms with Crippen molar-refractivity contribution in [3.05, 3.63) is 34.4 Å². The summed E-state index contributed by atoms with van der Waals surface area (Å²) in [7, 11) is 3.26. The summed E-state index contributed by atoms with van der Waals surface area (Å²) in [6, 6.07) is 0.245. The number of carbonyl (C=O) groups excluding carboxylic acids is 1. The highest BCUT2D eigenvalue weighted by molar-refractivity contribution is 5.99. The van der Waals surface area contributed by atoms with Gasteiger partial charge in [0.15, 0.2) is 0 Å². The van der Waals surface area contributed by atoms with Crippen LogP contribution in [-0.2, 0) is 0 Å². The maximum atomic E-state index is 12.9. The van der Waals surface area contributed by atoms with Gasteiger partial charge in [0.1, 0.15) is 11.5 Å². The van der Waals surface area contributed by atoms with Crippen molar-refractivity contribution in [2.45, 2.75) is 39.7 Å². The number of hydrogen-bond donors (Lipinski definition) is 1. The molecule has 4 nitrogen and oxygen atoms in total. The lowest BCUT2D eigenvalue weighted by molar-refractivity contribution is 0.0929. The Labute approximate surface area is 137 Å². The zero-order valence-electron chi connectivity index (χ0n) is 14.5. The van der Waals surface area contributed by atoms with Crippen molar-refractivity contribution >= 4 is 5.91 Å². The van der Waals surface area contributed by atoms with Crippen LogP contribution in [0, 0.1) is 32.6 Å². The molecule has 3 atom stereocenters. The molecule has 1 N–H and O–H groups in total. The van der Waals surface area contributed by atoms with Gasteiger partial charge in [-0.25, -0.2) is 0 Å². The number of ether oxygens (including phenoxy) is 2. The van der Waals surface area contributed by atoms with E-state index in [0.29, 0.717) is 17.4 Å². The maximum Gasteiger partial charge on any atom is 0.252 e. The van der Waals surface area contributed by atoms with Crippen LogP contribution in [0.25, 0.3) is 0 Å². The van der Waals surface area contributed by atoms with Crippen molar-refractivity contribution in [1.29, 1.82) is 0 Å². The Morgan fingerprint density at radius 1 is 1.00 bits per heavy atom. The lowest BCUT2D eigenvalue weighted by Crippen LogP contribution is -2.38. The summed E-state index contributed by atoms with van der Waals surface area (Å²) in [6.45, 7) is 5.84. The average Bonchev–Trinajstić information content (AvgIpc) is 3.10. The summed E-state index contributed by atoms with van der Waals surface area (Å²) in [5.41, 5.74) is 3.36. The summed E-state index contributed by atoms with van der Waals surface area (Å²) >= 11 is 0. The molecule has 0 heterocycles. The van der Waals surface area contributed by atoms with E-state index in [1.807, 2.05) is 20.8 Å². The molecule has 1 aromatic rings. The van der Waals surface area contributed by atoms with Gasteiger partial charge in [0, 0.05) is 22.7 Å². The van der Waals surface area contributed by atoms with Crippen LogP contribution in [0.15, 0.2) is 12.2 Å². The summed E-state index contributed by atoms with van der Waals surface area (Å²) in [5.74, 6) is 2.55. The van der Waals surface area contributed by atoms with Crippen LogP contribution in [0.1, 0.15) is 39.9 Å². The highest BCUT2D eigenvalue weighted by Crippen LogP contribution is 2.40. The number of allylic oxidation sites excluding steroid dienone is 1. The summed E-state index contributed by atoms with van der Waals surface area (Å²) < 4.78 is 11.0. The number of amides is 1. The van der Waals surface area contributed by atoms with Gasteiger partial charge >= 0.3 is 0 Å². The van der Waals surface area contributed by atoms with E-state index >= 15 is 0 Å². The van der Waals surface area contributed by atoms with E-state index in [9.17, 15) is 4.79 Å². The predicted molar refractivity (Wildman–Crippen MR) is 90.4 cm³/mol. The number of carbonyl (C=O) groups is 1. The largest absolute Gasteiger partial charge is 0.496 e. The van der Waals surface area contributed by atoms with Crippen molar-refractivity contribution in [3.8, 4) is 11.5 Å². The van der Waals surface area contributed by atoms with E-state index in [4.69, 9.17) is 9.47 Å². The third-order valence-electron chi connectivity index (χ3n) is 5.34. The normalized spacial score (nSPS) is 24.8.